The quantitative estimate of drug-likeness (QED) is 0.530. The normalized spacial score (nSPS) is 14.3. The summed E-state index contributed by atoms with van der Waals surface area (Å²) in [6.07, 6.45) is 0.121. The first-order valence-corrected chi connectivity index (χ1v) is 11.6. The molecule has 1 fully saturated rings. The van der Waals surface area contributed by atoms with Gasteiger partial charge in [-0.3, -0.25) is 14.5 Å². The summed E-state index contributed by atoms with van der Waals surface area (Å²) in [4.78, 5) is 40.8. The minimum atomic E-state index is -1.11. The molecule has 2 aromatic carbocycles. The molecule has 0 atom stereocenters. The fraction of sp³-hybridized carbons (Fsp3) is 0.423. The summed E-state index contributed by atoms with van der Waals surface area (Å²) in [6.45, 7) is 8.93. The monoisotopic (exact) mass is 482 g/mol. The van der Waals surface area contributed by atoms with Crippen molar-refractivity contribution < 1.29 is 24.2 Å². The van der Waals surface area contributed by atoms with Crippen molar-refractivity contribution in [3.8, 4) is 5.75 Å². The highest BCUT2D eigenvalue weighted by atomic mass is 16.5. The Kier molecular flexibility index (Phi) is 8.34. The smallest absolute Gasteiger partial charge is 0.337 e. The summed E-state index contributed by atoms with van der Waals surface area (Å²) in [5, 5.41) is 15.4. The van der Waals surface area contributed by atoms with Crippen molar-refractivity contribution in [1.29, 1.82) is 0 Å². The van der Waals surface area contributed by atoms with E-state index in [2.05, 4.69) is 20.4 Å². The van der Waals surface area contributed by atoms with Gasteiger partial charge < -0.3 is 25.4 Å². The first kappa shape index (κ1) is 26.0. The summed E-state index contributed by atoms with van der Waals surface area (Å²) in [6, 6.07) is 12.2. The van der Waals surface area contributed by atoms with E-state index in [0.717, 1.165) is 11.3 Å². The Morgan fingerprint density at radius 1 is 0.971 bits per heavy atom. The van der Waals surface area contributed by atoms with E-state index in [9.17, 15) is 19.5 Å². The maximum atomic E-state index is 12.5. The average Bonchev–Trinajstić information content (AvgIpc) is 2.79. The number of anilines is 2. The summed E-state index contributed by atoms with van der Waals surface area (Å²) in [7, 11) is 1.57. The van der Waals surface area contributed by atoms with E-state index in [0.29, 0.717) is 38.5 Å². The Morgan fingerprint density at radius 2 is 1.63 bits per heavy atom. The third-order valence-electron chi connectivity index (χ3n) is 5.65. The number of hydrogen-bond donors (Lipinski definition) is 3. The minimum Gasteiger partial charge on any atom is -0.497 e. The third kappa shape index (κ3) is 7.71. The number of hydrogen-bond acceptors (Lipinski definition) is 6. The number of nitrogens with zero attached hydrogens (tertiary/aromatic N) is 2. The highest BCUT2D eigenvalue weighted by Gasteiger charge is 2.23. The zero-order chi connectivity index (χ0) is 25.6. The standard InChI is InChI=1S/C26H34N4O5/c1-26(2,3)28-24(32)17-29-11-13-30(14-12-29)19-7-10-22(21(16-19)25(33)34)27-23(31)15-18-5-8-20(35-4)9-6-18/h5-10,16H,11-15,17H2,1-4H3,(H,27,31)(H,28,32)(H,33,34). The van der Waals surface area contributed by atoms with E-state index in [-0.39, 0.29) is 35.0 Å². The molecule has 1 heterocycles. The number of carbonyl (C=O) groups is 3. The molecule has 0 bridgehead atoms. The minimum absolute atomic E-state index is 0.00570. The Balaban J connectivity index is 1.60. The lowest BCUT2D eigenvalue weighted by molar-refractivity contribution is -0.123. The Labute approximate surface area is 206 Å². The zero-order valence-electron chi connectivity index (χ0n) is 20.8. The topological polar surface area (TPSA) is 111 Å². The number of nitrogens with one attached hydrogen (secondary N) is 2. The zero-order valence-corrected chi connectivity index (χ0v) is 20.8. The van der Waals surface area contributed by atoms with Crippen LogP contribution in [0.25, 0.3) is 0 Å². The van der Waals surface area contributed by atoms with Crippen molar-refractivity contribution in [1.82, 2.24) is 10.2 Å². The van der Waals surface area contributed by atoms with Crippen LogP contribution in [0.1, 0.15) is 36.7 Å². The lowest BCUT2D eigenvalue weighted by Crippen LogP contribution is -2.51. The van der Waals surface area contributed by atoms with Crippen molar-refractivity contribution in [2.45, 2.75) is 32.7 Å². The number of piperazine rings is 1. The molecule has 9 heteroatoms. The van der Waals surface area contributed by atoms with Crippen molar-refractivity contribution >= 4 is 29.2 Å². The van der Waals surface area contributed by atoms with Crippen LogP contribution in [0.5, 0.6) is 5.75 Å². The molecule has 0 saturated carbocycles. The molecule has 0 radical (unpaired) electrons. The second-order valence-electron chi connectivity index (χ2n) is 9.67. The van der Waals surface area contributed by atoms with E-state index < -0.39 is 5.97 Å². The summed E-state index contributed by atoms with van der Waals surface area (Å²) in [5.41, 5.74) is 1.60. The molecule has 1 aliphatic heterocycles. The van der Waals surface area contributed by atoms with Crippen LogP contribution in [0.2, 0.25) is 0 Å². The largest absolute Gasteiger partial charge is 0.497 e. The molecule has 0 unspecified atom stereocenters. The number of methoxy groups -OCH3 is 1. The van der Waals surface area contributed by atoms with Gasteiger partial charge in [-0.1, -0.05) is 12.1 Å². The van der Waals surface area contributed by atoms with Gasteiger partial charge in [-0.05, 0) is 56.7 Å². The van der Waals surface area contributed by atoms with Crippen LogP contribution in [-0.4, -0.2) is 73.2 Å². The molecule has 3 N–H and O–H groups in total. The van der Waals surface area contributed by atoms with Crippen molar-refractivity contribution in [2.75, 3.05) is 50.1 Å². The Hall–Kier alpha value is -3.59. The fourth-order valence-electron chi connectivity index (χ4n) is 3.96. The van der Waals surface area contributed by atoms with Crippen LogP contribution in [0.15, 0.2) is 42.5 Å². The van der Waals surface area contributed by atoms with Gasteiger partial charge in [0.05, 0.1) is 31.3 Å². The lowest BCUT2D eigenvalue weighted by Gasteiger charge is -2.36. The average molecular weight is 483 g/mol. The molecule has 0 aliphatic carbocycles. The number of rotatable bonds is 8. The van der Waals surface area contributed by atoms with Gasteiger partial charge in [0.2, 0.25) is 11.8 Å². The van der Waals surface area contributed by atoms with Crippen LogP contribution in [-0.2, 0) is 16.0 Å². The SMILES string of the molecule is COc1ccc(CC(=O)Nc2ccc(N3CCN(CC(=O)NC(C)(C)C)CC3)cc2C(=O)O)cc1. The van der Waals surface area contributed by atoms with Crippen molar-refractivity contribution in [2.24, 2.45) is 0 Å². The molecule has 3 rings (SSSR count). The second kappa shape index (κ2) is 11.2. The molecule has 9 nitrogen and oxygen atoms in total. The molecular weight excluding hydrogens is 448 g/mol. The first-order valence-electron chi connectivity index (χ1n) is 11.6. The summed E-state index contributed by atoms with van der Waals surface area (Å²) >= 11 is 0. The van der Waals surface area contributed by atoms with Gasteiger partial charge in [0, 0.05) is 37.4 Å². The lowest BCUT2D eigenvalue weighted by atomic mass is 10.1. The molecule has 1 saturated heterocycles. The van der Waals surface area contributed by atoms with Crippen LogP contribution in [0.4, 0.5) is 11.4 Å². The van der Waals surface area contributed by atoms with Crippen LogP contribution < -0.4 is 20.3 Å². The number of carbonyl (C=O) groups excluding carboxylic acids is 2. The van der Waals surface area contributed by atoms with E-state index >= 15 is 0 Å². The molecule has 2 aromatic rings. The summed E-state index contributed by atoms with van der Waals surface area (Å²) < 4.78 is 5.12. The maximum absolute atomic E-state index is 12.5. The predicted molar refractivity (Wildman–Crippen MR) is 135 cm³/mol. The van der Waals surface area contributed by atoms with Crippen molar-refractivity contribution in [3.05, 3.63) is 53.6 Å². The van der Waals surface area contributed by atoms with Gasteiger partial charge in [-0.25, -0.2) is 4.79 Å². The van der Waals surface area contributed by atoms with E-state index in [4.69, 9.17) is 4.74 Å². The van der Waals surface area contributed by atoms with Gasteiger partial charge in [-0.2, -0.15) is 0 Å². The summed E-state index contributed by atoms with van der Waals surface area (Å²) in [5.74, 6) is -0.711. The van der Waals surface area contributed by atoms with Crippen LogP contribution >= 0.6 is 0 Å². The Bertz CT molecular complexity index is 1050. The van der Waals surface area contributed by atoms with E-state index in [1.54, 1.807) is 43.5 Å². The van der Waals surface area contributed by atoms with Gasteiger partial charge >= 0.3 is 5.97 Å². The molecule has 2 amide bonds. The van der Waals surface area contributed by atoms with Gasteiger partial charge in [0.15, 0.2) is 0 Å². The molecule has 0 aromatic heterocycles. The van der Waals surface area contributed by atoms with Gasteiger partial charge in [0.1, 0.15) is 5.75 Å². The first-order chi connectivity index (χ1) is 16.5. The highest BCUT2D eigenvalue weighted by Crippen LogP contribution is 2.25. The number of amides is 2. The van der Waals surface area contributed by atoms with E-state index in [1.165, 1.54) is 0 Å². The number of benzene rings is 2. The van der Waals surface area contributed by atoms with Gasteiger partial charge in [0.25, 0.3) is 0 Å². The Morgan fingerprint density at radius 3 is 2.20 bits per heavy atom. The third-order valence-corrected chi connectivity index (χ3v) is 5.65. The molecule has 0 spiro atoms. The van der Waals surface area contributed by atoms with Gasteiger partial charge in [-0.15, -0.1) is 0 Å². The van der Waals surface area contributed by atoms with Crippen molar-refractivity contribution in [3.63, 3.8) is 0 Å². The second-order valence-corrected chi connectivity index (χ2v) is 9.67. The van der Waals surface area contributed by atoms with Crippen LogP contribution in [0, 0.1) is 0 Å². The maximum Gasteiger partial charge on any atom is 0.337 e. The highest BCUT2D eigenvalue weighted by molar-refractivity contribution is 6.01. The molecule has 1 aliphatic rings. The number of carboxylic acid groups (broad SMARTS) is 1. The molecule has 35 heavy (non-hydrogen) atoms. The van der Waals surface area contributed by atoms with E-state index in [1.807, 2.05) is 26.8 Å². The fourth-order valence-corrected chi connectivity index (χ4v) is 3.96. The number of aromatic carboxylic acids is 1. The van der Waals surface area contributed by atoms with Crippen LogP contribution in [0.3, 0.4) is 0 Å². The molecule has 188 valence electrons. The predicted octanol–water partition coefficient (Wildman–Crippen LogP) is 2.61. The number of carboxylic acids is 1. The molecular formula is C26H34N4O5. The number of ether oxygens (including phenoxy) is 1.